The predicted octanol–water partition coefficient (Wildman–Crippen LogP) is 2.31. The molecule has 3 rings (SSSR count). The number of amides is 3. The molecule has 0 bridgehead atoms. The first-order chi connectivity index (χ1) is 12.8. The van der Waals surface area contributed by atoms with Crippen LogP contribution in [0.25, 0.3) is 0 Å². The normalized spacial score (nSPS) is 23.1. The molecular weight excluding hydrogens is 346 g/mol. The number of hydrogen-bond acceptors (Lipinski definition) is 5. The highest BCUT2D eigenvalue weighted by molar-refractivity contribution is 6.08. The van der Waals surface area contributed by atoms with E-state index >= 15 is 0 Å². The van der Waals surface area contributed by atoms with E-state index < -0.39 is 6.04 Å². The molecule has 3 amide bonds. The minimum absolute atomic E-state index is 0.169. The summed E-state index contributed by atoms with van der Waals surface area (Å²) in [5, 5.41) is 3.92. The van der Waals surface area contributed by atoms with Crippen LogP contribution in [0.15, 0.2) is 22.7 Å². The summed E-state index contributed by atoms with van der Waals surface area (Å²) < 4.78 is 5.05. The molecule has 1 aliphatic heterocycles. The van der Waals surface area contributed by atoms with Crippen LogP contribution >= 0.6 is 0 Å². The number of nitrogens with zero attached hydrogens (tertiary/aromatic N) is 3. The Hall–Kier alpha value is -2.44. The zero-order chi connectivity index (χ0) is 19.7. The molecule has 1 aliphatic carbocycles. The second kappa shape index (κ2) is 7.66. The van der Waals surface area contributed by atoms with Crippen LogP contribution in [0.5, 0.6) is 0 Å². The molecule has 0 radical (unpaired) electrons. The number of aromatic nitrogens is 1. The minimum Gasteiger partial charge on any atom is -0.361 e. The number of likely N-dealkylation sites (N-methyl/N-ethyl adjacent to an activating group) is 1. The maximum atomic E-state index is 13.2. The van der Waals surface area contributed by atoms with Crippen molar-refractivity contribution >= 4 is 17.7 Å². The average molecular weight is 373 g/mol. The molecule has 0 aromatic carbocycles. The van der Waals surface area contributed by atoms with Crippen LogP contribution < -0.4 is 0 Å². The van der Waals surface area contributed by atoms with E-state index in [0.29, 0.717) is 30.7 Å². The van der Waals surface area contributed by atoms with E-state index in [1.165, 1.54) is 9.80 Å². The van der Waals surface area contributed by atoms with Crippen LogP contribution in [0.1, 0.15) is 44.6 Å². The SMILES string of the molecule is Cc1cc(CN(C)C(=O)C(CC(C)C)N2C(=O)C3CC=CCC3C2=O)no1. The Balaban J connectivity index is 1.81. The molecule has 146 valence electrons. The van der Waals surface area contributed by atoms with E-state index in [1.807, 2.05) is 26.0 Å². The maximum Gasteiger partial charge on any atom is 0.245 e. The first kappa shape index (κ1) is 19.3. The zero-order valence-electron chi connectivity index (χ0n) is 16.3. The van der Waals surface area contributed by atoms with Gasteiger partial charge in [-0.2, -0.15) is 0 Å². The van der Waals surface area contributed by atoms with Gasteiger partial charge in [-0.25, -0.2) is 0 Å². The van der Waals surface area contributed by atoms with Crippen LogP contribution in [-0.2, 0) is 20.9 Å². The van der Waals surface area contributed by atoms with Gasteiger partial charge in [0.1, 0.15) is 17.5 Å². The molecule has 1 aromatic rings. The van der Waals surface area contributed by atoms with Gasteiger partial charge < -0.3 is 9.42 Å². The summed E-state index contributed by atoms with van der Waals surface area (Å²) in [4.78, 5) is 41.8. The van der Waals surface area contributed by atoms with Gasteiger partial charge in [-0.3, -0.25) is 19.3 Å². The first-order valence-electron chi connectivity index (χ1n) is 9.48. The average Bonchev–Trinajstić information content (AvgIpc) is 3.14. The summed E-state index contributed by atoms with van der Waals surface area (Å²) in [6, 6.07) is 1.00. The van der Waals surface area contributed by atoms with Gasteiger partial charge in [0, 0.05) is 13.1 Å². The highest BCUT2D eigenvalue weighted by atomic mass is 16.5. The van der Waals surface area contributed by atoms with Crippen molar-refractivity contribution in [1.82, 2.24) is 15.0 Å². The molecule has 1 fully saturated rings. The van der Waals surface area contributed by atoms with Crippen LogP contribution in [0.3, 0.4) is 0 Å². The van der Waals surface area contributed by atoms with Crippen molar-refractivity contribution in [2.75, 3.05) is 7.05 Å². The molecule has 2 aliphatic rings. The summed E-state index contributed by atoms with van der Waals surface area (Å²) in [5.74, 6) is -0.466. The lowest BCUT2D eigenvalue weighted by atomic mass is 9.85. The summed E-state index contributed by atoms with van der Waals surface area (Å²) in [6.45, 7) is 6.04. The van der Waals surface area contributed by atoms with Gasteiger partial charge in [-0.1, -0.05) is 31.2 Å². The van der Waals surface area contributed by atoms with Crippen LogP contribution in [0, 0.1) is 24.7 Å². The fourth-order valence-corrected chi connectivity index (χ4v) is 3.96. The van der Waals surface area contributed by atoms with Gasteiger partial charge in [-0.05, 0) is 32.1 Å². The Morgan fingerprint density at radius 2 is 1.85 bits per heavy atom. The number of carbonyl (C=O) groups is 3. The molecule has 2 heterocycles. The second-order valence-electron chi connectivity index (χ2n) is 7.97. The van der Waals surface area contributed by atoms with E-state index in [4.69, 9.17) is 4.52 Å². The Labute approximate surface area is 159 Å². The van der Waals surface area contributed by atoms with Crippen molar-refractivity contribution in [2.45, 2.75) is 52.6 Å². The molecule has 0 spiro atoms. The number of allylic oxidation sites excluding steroid dienone is 2. The standard InChI is InChI=1S/C20H27N3O4/c1-12(2)9-17(20(26)22(4)11-14-10-13(3)27-21-14)23-18(24)15-7-5-6-8-16(15)19(23)25/h5-6,10,12,15-17H,7-9,11H2,1-4H3. The number of aryl methyl sites for hydroxylation is 1. The molecule has 0 N–H and O–H groups in total. The highest BCUT2D eigenvalue weighted by Crippen LogP contribution is 2.37. The van der Waals surface area contributed by atoms with Crippen LogP contribution in [0.2, 0.25) is 0 Å². The fraction of sp³-hybridized carbons (Fsp3) is 0.600. The molecular formula is C20H27N3O4. The molecule has 27 heavy (non-hydrogen) atoms. The molecule has 3 unspecified atom stereocenters. The zero-order valence-corrected chi connectivity index (χ0v) is 16.3. The summed E-state index contributed by atoms with van der Waals surface area (Å²) >= 11 is 0. The highest BCUT2D eigenvalue weighted by Gasteiger charge is 2.51. The Morgan fingerprint density at radius 3 is 2.33 bits per heavy atom. The molecule has 3 atom stereocenters. The van der Waals surface area contributed by atoms with Crippen molar-refractivity contribution in [2.24, 2.45) is 17.8 Å². The molecule has 7 heteroatoms. The summed E-state index contributed by atoms with van der Waals surface area (Å²) in [5.41, 5.74) is 0.642. The second-order valence-corrected chi connectivity index (χ2v) is 7.97. The quantitative estimate of drug-likeness (QED) is 0.564. The van der Waals surface area contributed by atoms with Gasteiger partial charge in [0.15, 0.2) is 0 Å². The predicted molar refractivity (Wildman–Crippen MR) is 98.2 cm³/mol. The lowest BCUT2D eigenvalue weighted by Crippen LogP contribution is -2.50. The third-order valence-electron chi connectivity index (χ3n) is 5.29. The van der Waals surface area contributed by atoms with Crippen molar-refractivity contribution < 1.29 is 18.9 Å². The maximum absolute atomic E-state index is 13.2. The Kier molecular flexibility index (Phi) is 5.48. The summed E-state index contributed by atoms with van der Waals surface area (Å²) in [6.07, 6.45) is 5.50. The van der Waals surface area contributed by atoms with E-state index in [-0.39, 0.29) is 42.0 Å². The topological polar surface area (TPSA) is 83.7 Å². The number of rotatable bonds is 6. The van der Waals surface area contributed by atoms with E-state index in [0.717, 1.165) is 0 Å². The van der Waals surface area contributed by atoms with Crippen LogP contribution in [-0.4, -0.2) is 45.8 Å². The summed E-state index contributed by atoms with van der Waals surface area (Å²) in [7, 11) is 1.67. The smallest absolute Gasteiger partial charge is 0.245 e. The third-order valence-corrected chi connectivity index (χ3v) is 5.29. The lowest BCUT2D eigenvalue weighted by Gasteiger charge is -2.30. The number of hydrogen-bond donors (Lipinski definition) is 0. The number of fused-ring (bicyclic) bond motifs is 1. The Morgan fingerprint density at radius 1 is 1.26 bits per heavy atom. The fourth-order valence-electron chi connectivity index (χ4n) is 3.96. The molecule has 7 nitrogen and oxygen atoms in total. The largest absolute Gasteiger partial charge is 0.361 e. The van der Waals surface area contributed by atoms with E-state index in [1.54, 1.807) is 20.0 Å². The number of carbonyl (C=O) groups excluding carboxylic acids is 3. The number of likely N-dealkylation sites (tertiary alicyclic amines) is 1. The lowest BCUT2D eigenvalue weighted by molar-refractivity contribution is -0.152. The van der Waals surface area contributed by atoms with Gasteiger partial charge in [-0.15, -0.1) is 0 Å². The Bertz CT molecular complexity index is 741. The van der Waals surface area contributed by atoms with Crippen molar-refractivity contribution in [1.29, 1.82) is 0 Å². The molecule has 1 saturated heterocycles. The van der Waals surface area contributed by atoms with Crippen LogP contribution in [0.4, 0.5) is 0 Å². The van der Waals surface area contributed by atoms with E-state index in [2.05, 4.69) is 5.16 Å². The van der Waals surface area contributed by atoms with Crippen molar-refractivity contribution in [3.63, 3.8) is 0 Å². The van der Waals surface area contributed by atoms with Gasteiger partial charge in [0.25, 0.3) is 0 Å². The van der Waals surface area contributed by atoms with E-state index in [9.17, 15) is 14.4 Å². The van der Waals surface area contributed by atoms with Gasteiger partial charge >= 0.3 is 0 Å². The van der Waals surface area contributed by atoms with Crippen molar-refractivity contribution in [3.8, 4) is 0 Å². The van der Waals surface area contributed by atoms with Crippen molar-refractivity contribution in [3.05, 3.63) is 29.7 Å². The number of imide groups is 1. The third kappa shape index (κ3) is 3.82. The van der Waals surface area contributed by atoms with Gasteiger partial charge in [0.2, 0.25) is 17.7 Å². The van der Waals surface area contributed by atoms with Gasteiger partial charge in [0.05, 0.1) is 18.4 Å². The first-order valence-corrected chi connectivity index (χ1v) is 9.48. The molecule has 1 aromatic heterocycles. The minimum atomic E-state index is -0.770. The molecule has 0 saturated carbocycles. The monoisotopic (exact) mass is 373 g/mol.